The maximum Gasteiger partial charge on any atom is 0.128 e. The molecule has 4 heteroatoms. The molecule has 0 amide bonds. The van der Waals surface area contributed by atoms with Crippen LogP contribution in [0.2, 0.25) is 0 Å². The molecule has 1 saturated heterocycles. The molecule has 1 unspecified atom stereocenters. The largest absolute Gasteiger partial charge is 0.379 e. The van der Waals surface area contributed by atoms with Crippen molar-refractivity contribution in [2.24, 2.45) is 5.41 Å². The number of halogens is 2. The Labute approximate surface area is 76.2 Å². The van der Waals surface area contributed by atoms with Crippen molar-refractivity contribution in [1.82, 2.24) is 5.32 Å². The van der Waals surface area contributed by atoms with Crippen molar-refractivity contribution in [3.63, 3.8) is 0 Å². The average molecular weight is 196 g/mol. The highest BCUT2D eigenvalue weighted by Crippen LogP contribution is 2.63. The molecule has 1 heterocycles. The number of alkyl halides is 2. The number of hydrogen-bond acceptors (Lipinski definition) is 2. The summed E-state index contributed by atoms with van der Waals surface area (Å²) in [5.41, 5.74) is 0.00656. The van der Waals surface area contributed by atoms with Gasteiger partial charge in [-0.2, -0.15) is 0 Å². The zero-order valence-electron chi connectivity index (χ0n) is 6.20. The molecule has 1 aliphatic carbocycles. The molecule has 2 fully saturated rings. The van der Waals surface area contributed by atoms with Gasteiger partial charge in [0.2, 0.25) is 0 Å². The maximum absolute atomic E-state index is 5.99. The molecule has 1 aliphatic heterocycles. The smallest absolute Gasteiger partial charge is 0.128 e. The van der Waals surface area contributed by atoms with E-state index in [1.165, 1.54) is 0 Å². The van der Waals surface area contributed by atoms with Crippen LogP contribution in [0.25, 0.3) is 0 Å². The van der Waals surface area contributed by atoms with E-state index >= 15 is 0 Å². The summed E-state index contributed by atoms with van der Waals surface area (Å²) in [5.74, 6) is 0. The van der Waals surface area contributed by atoms with Gasteiger partial charge in [-0.1, -0.05) is 0 Å². The lowest BCUT2D eigenvalue weighted by atomic mass is 10.1. The Kier molecular flexibility index (Phi) is 1.84. The Balaban J connectivity index is 2.03. The van der Waals surface area contributed by atoms with Crippen molar-refractivity contribution in [3.8, 4) is 0 Å². The minimum absolute atomic E-state index is 0.00656. The first-order valence-electron chi connectivity index (χ1n) is 3.83. The van der Waals surface area contributed by atoms with E-state index in [1.807, 2.05) is 0 Å². The molecule has 0 aromatic carbocycles. The molecule has 1 saturated carbocycles. The van der Waals surface area contributed by atoms with Gasteiger partial charge in [0.1, 0.15) is 4.33 Å². The van der Waals surface area contributed by atoms with Crippen LogP contribution in [0.1, 0.15) is 6.42 Å². The van der Waals surface area contributed by atoms with E-state index in [4.69, 9.17) is 27.9 Å². The van der Waals surface area contributed by atoms with E-state index in [-0.39, 0.29) is 5.41 Å². The van der Waals surface area contributed by atoms with Crippen LogP contribution < -0.4 is 5.32 Å². The predicted molar refractivity (Wildman–Crippen MR) is 45.2 cm³/mol. The second-order valence-corrected chi connectivity index (χ2v) is 4.87. The van der Waals surface area contributed by atoms with Crippen LogP contribution in [-0.2, 0) is 4.74 Å². The molecule has 0 aromatic heterocycles. The predicted octanol–water partition coefficient (Wildman–Crippen LogP) is 1.17. The van der Waals surface area contributed by atoms with Crippen molar-refractivity contribution in [3.05, 3.63) is 0 Å². The van der Waals surface area contributed by atoms with Gasteiger partial charge in [0.05, 0.1) is 13.2 Å². The summed E-state index contributed by atoms with van der Waals surface area (Å²) in [5, 5.41) is 3.26. The lowest BCUT2D eigenvalue weighted by Crippen LogP contribution is -2.27. The number of ether oxygens (including phenoxy) is 1. The van der Waals surface area contributed by atoms with Gasteiger partial charge < -0.3 is 10.1 Å². The first-order chi connectivity index (χ1) is 5.16. The summed E-state index contributed by atoms with van der Waals surface area (Å²) in [6, 6.07) is 0. The van der Waals surface area contributed by atoms with Crippen molar-refractivity contribution in [1.29, 1.82) is 0 Å². The molecule has 1 atom stereocenters. The normalized spacial score (nSPS) is 42.0. The topological polar surface area (TPSA) is 21.3 Å². The summed E-state index contributed by atoms with van der Waals surface area (Å²) < 4.78 is 4.84. The Morgan fingerprint density at radius 1 is 1.36 bits per heavy atom. The molecule has 0 radical (unpaired) electrons. The Morgan fingerprint density at radius 3 is 2.73 bits per heavy atom. The van der Waals surface area contributed by atoms with Gasteiger partial charge in [-0.05, 0) is 6.42 Å². The van der Waals surface area contributed by atoms with Gasteiger partial charge in [0.15, 0.2) is 0 Å². The SMILES string of the molecule is ClC1(Cl)CC12CNCCOC2. The molecule has 2 nitrogen and oxygen atoms in total. The van der Waals surface area contributed by atoms with Crippen LogP contribution in [0.5, 0.6) is 0 Å². The third-order valence-corrected chi connectivity index (χ3v) is 3.55. The van der Waals surface area contributed by atoms with Gasteiger partial charge in [-0.25, -0.2) is 0 Å². The monoisotopic (exact) mass is 195 g/mol. The third kappa shape index (κ3) is 1.26. The first-order valence-corrected chi connectivity index (χ1v) is 4.58. The van der Waals surface area contributed by atoms with E-state index < -0.39 is 4.33 Å². The van der Waals surface area contributed by atoms with Gasteiger partial charge in [0.25, 0.3) is 0 Å². The molecule has 11 heavy (non-hydrogen) atoms. The quantitative estimate of drug-likeness (QED) is 0.587. The van der Waals surface area contributed by atoms with Crippen molar-refractivity contribution in [2.75, 3.05) is 26.3 Å². The molecule has 2 aliphatic rings. The van der Waals surface area contributed by atoms with Crippen molar-refractivity contribution in [2.45, 2.75) is 10.8 Å². The Hall–Kier alpha value is 0.500. The van der Waals surface area contributed by atoms with E-state index in [1.54, 1.807) is 0 Å². The van der Waals surface area contributed by atoms with Crippen LogP contribution in [0.15, 0.2) is 0 Å². The Morgan fingerprint density at radius 2 is 2.09 bits per heavy atom. The van der Waals surface area contributed by atoms with Crippen molar-refractivity contribution < 1.29 is 4.74 Å². The molecule has 1 spiro atoms. The van der Waals surface area contributed by atoms with Crippen LogP contribution >= 0.6 is 23.2 Å². The van der Waals surface area contributed by atoms with Crippen LogP contribution in [0.4, 0.5) is 0 Å². The molecule has 0 aromatic rings. The minimum Gasteiger partial charge on any atom is -0.379 e. The zero-order chi connectivity index (χ0) is 7.95. The van der Waals surface area contributed by atoms with Crippen LogP contribution in [0, 0.1) is 5.41 Å². The molecular formula is C7H11Cl2NO. The average Bonchev–Trinajstić information content (AvgIpc) is 2.54. The first kappa shape index (κ1) is 8.11. The van der Waals surface area contributed by atoms with E-state index in [2.05, 4.69) is 5.32 Å². The lowest BCUT2D eigenvalue weighted by Gasteiger charge is -2.13. The second-order valence-electron chi connectivity index (χ2n) is 3.39. The minimum atomic E-state index is -0.537. The third-order valence-electron chi connectivity index (χ3n) is 2.48. The Bertz CT molecular complexity index is 164. The van der Waals surface area contributed by atoms with Crippen molar-refractivity contribution >= 4 is 23.2 Å². The lowest BCUT2D eigenvalue weighted by molar-refractivity contribution is 0.114. The fourth-order valence-electron chi connectivity index (χ4n) is 1.52. The van der Waals surface area contributed by atoms with Gasteiger partial charge in [-0.3, -0.25) is 0 Å². The fraction of sp³-hybridized carbons (Fsp3) is 1.00. The van der Waals surface area contributed by atoms with E-state index in [9.17, 15) is 0 Å². The zero-order valence-corrected chi connectivity index (χ0v) is 7.71. The molecule has 0 bridgehead atoms. The highest BCUT2D eigenvalue weighted by atomic mass is 35.5. The fourth-order valence-corrected chi connectivity index (χ4v) is 2.27. The summed E-state index contributed by atoms with van der Waals surface area (Å²) in [6.07, 6.45) is 0.857. The van der Waals surface area contributed by atoms with Crippen LogP contribution in [-0.4, -0.2) is 30.6 Å². The highest BCUT2D eigenvalue weighted by molar-refractivity contribution is 6.51. The summed E-state index contributed by atoms with van der Waals surface area (Å²) in [6.45, 7) is 3.27. The van der Waals surface area contributed by atoms with Gasteiger partial charge >= 0.3 is 0 Å². The highest BCUT2D eigenvalue weighted by Gasteiger charge is 2.66. The maximum atomic E-state index is 5.99. The number of rotatable bonds is 0. The van der Waals surface area contributed by atoms with E-state index in [0.717, 1.165) is 26.1 Å². The summed E-state index contributed by atoms with van der Waals surface area (Å²) >= 11 is 12.0. The number of nitrogens with one attached hydrogen (secondary N) is 1. The standard InChI is InChI=1S/C7H11Cl2NO/c8-7(9)3-6(7)4-10-1-2-11-5-6/h10H,1-5H2. The van der Waals surface area contributed by atoms with Gasteiger partial charge in [0, 0.05) is 18.5 Å². The molecular weight excluding hydrogens is 185 g/mol. The molecule has 1 N–H and O–H groups in total. The number of hydrogen-bond donors (Lipinski definition) is 1. The molecule has 64 valence electrons. The summed E-state index contributed by atoms with van der Waals surface area (Å²) in [4.78, 5) is 0. The molecule has 2 rings (SSSR count). The second kappa shape index (κ2) is 2.49. The van der Waals surface area contributed by atoms with E-state index in [0.29, 0.717) is 6.61 Å². The summed E-state index contributed by atoms with van der Waals surface area (Å²) in [7, 11) is 0. The van der Waals surface area contributed by atoms with Gasteiger partial charge in [-0.15, -0.1) is 23.2 Å². The van der Waals surface area contributed by atoms with Crippen LogP contribution in [0.3, 0.4) is 0 Å².